The molecule has 1 atom stereocenters. The number of nitro groups is 1. The average Bonchev–Trinajstić information content (AvgIpc) is 2.41. The van der Waals surface area contributed by atoms with Crippen LogP contribution in [0.5, 0.6) is 11.5 Å². The number of nitro benzene ring substituents is 1. The molecule has 0 saturated heterocycles. The van der Waals surface area contributed by atoms with E-state index < -0.39 is 11.0 Å². The third-order valence-corrected chi connectivity index (χ3v) is 3.04. The van der Waals surface area contributed by atoms with Crippen molar-refractivity contribution < 1.29 is 14.8 Å². The van der Waals surface area contributed by atoms with E-state index in [1.54, 1.807) is 50.2 Å². The normalized spacial score (nSPS) is 11.9. The molecular weight excluding hydrogens is 258 g/mol. The van der Waals surface area contributed by atoms with Gasteiger partial charge in [0.2, 0.25) is 0 Å². The lowest BCUT2D eigenvalue weighted by Gasteiger charge is -2.14. The molecule has 0 saturated carbocycles. The summed E-state index contributed by atoms with van der Waals surface area (Å²) in [5, 5.41) is 20.6. The summed E-state index contributed by atoms with van der Waals surface area (Å²) in [5.41, 5.74) is 1.10. The summed E-state index contributed by atoms with van der Waals surface area (Å²) in [5.74, 6) is 0.901. The van der Waals surface area contributed by atoms with Crippen molar-refractivity contribution in [2.75, 3.05) is 0 Å². The van der Waals surface area contributed by atoms with Gasteiger partial charge in [-0.3, -0.25) is 10.1 Å². The molecule has 0 fully saturated rings. The first-order chi connectivity index (χ1) is 9.50. The standard InChI is InChI=1S/C15H15NO4/c1-10-13(16(18)19)7-5-9-14(10)20-15-8-4-3-6-12(15)11(2)17/h3-9,11,17H,1-2H3/t11-/m1/s1. The fraction of sp³-hybridized carbons (Fsp3) is 0.200. The Hall–Kier alpha value is -2.40. The van der Waals surface area contributed by atoms with Gasteiger partial charge in [-0.15, -0.1) is 0 Å². The minimum absolute atomic E-state index is 0.0111. The number of hydrogen-bond donors (Lipinski definition) is 1. The van der Waals surface area contributed by atoms with Crippen LogP contribution >= 0.6 is 0 Å². The summed E-state index contributed by atoms with van der Waals surface area (Å²) in [6, 6.07) is 11.7. The molecule has 0 aliphatic rings. The molecule has 2 aromatic carbocycles. The van der Waals surface area contributed by atoms with Crippen molar-refractivity contribution in [2.45, 2.75) is 20.0 Å². The highest BCUT2D eigenvalue weighted by Gasteiger charge is 2.16. The van der Waals surface area contributed by atoms with E-state index in [0.29, 0.717) is 22.6 Å². The molecule has 20 heavy (non-hydrogen) atoms. The topological polar surface area (TPSA) is 72.6 Å². The third-order valence-electron chi connectivity index (χ3n) is 3.04. The number of aliphatic hydroxyl groups is 1. The van der Waals surface area contributed by atoms with E-state index in [-0.39, 0.29) is 5.69 Å². The van der Waals surface area contributed by atoms with E-state index in [1.807, 2.05) is 0 Å². The van der Waals surface area contributed by atoms with Gasteiger partial charge in [-0.05, 0) is 26.0 Å². The number of para-hydroxylation sites is 1. The Labute approximate surface area is 116 Å². The zero-order chi connectivity index (χ0) is 14.7. The number of rotatable bonds is 4. The van der Waals surface area contributed by atoms with Crippen molar-refractivity contribution in [1.29, 1.82) is 0 Å². The Morgan fingerprint density at radius 3 is 2.45 bits per heavy atom. The molecule has 0 aliphatic heterocycles. The van der Waals surface area contributed by atoms with Crippen molar-refractivity contribution in [2.24, 2.45) is 0 Å². The van der Waals surface area contributed by atoms with Gasteiger partial charge in [0.25, 0.3) is 5.69 Å². The highest BCUT2D eigenvalue weighted by Crippen LogP contribution is 2.34. The van der Waals surface area contributed by atoms with Crippen LogP contribution in [0.15, 0.2) is 42.5 Å². The van der Waals surface area contributed by atoms with Gasteiger partial charge in [-0.1, -0.05) is 24.3 Å². The van der Waals surface area contributed by atoms with Crippen LogP contribution in [0.4, 0.5) is 5.69 Å². The minimum atomic E-state index is -0.676. The monoisotopic (exact) mass is 273 g/mol. The maximum absolute atomic E-state index is 10.9. The van der Waals surface area contributed by atoms with E-state index in [1.165, 1.54) is 6.07 Å². The van der Waals surface area contributed by atoms with Crippen molar-refractivity contribution >= 4 is 5.69 Å². The molecule has 104 valence electrons. The molecule has 0 radical (unpaired) electrons. The number of nitrogens with zero attached hydrogens (tertiary/aromatic N) is 1. The Morgan fingerprint density at radius 2 is 1.80 bits per heavy atom. The highest BCUT2D eigenvalue weighted by molar-refractivity contribution is 5.50. The Morgan fingerprint density at radius 1 is 1.15 bits per heavy atom. The molecule has 5 nitrogen and oxygen atoms in total. The molecule has 0 unspecified atom stereocenters. The second kappa shape index (κ2) is 5.71. The first-order valence-corrected chi connectivity index (χ1v) is 6.19. The maximum atomic E-state index is 10.9. The van der Waals surface area contributed by atoms with Crippen LogP contribution in [0.3, 0.4) is 0 Å². The van der Waals surface area contributed by atoms with Crippen LogP contribution in [-0.2, 0) is 0 Å². The van der Waals surface area contributed by atoms with Gasteiger partial charge in [-0.25, -0.2) is 0 Å². The Bertz CT molecular complexity index is 638. The van der Waals surface area contributed by atoms with E-state index in [9.17, 15) is 15.2 Å². The maximum Gasteiger partial charge on any atom is 0.276 e. The molecule has 0 spiro atoms. The fourth-order valence-electron chi connectivity index (χ4n) is 1.95. The summed E-state index contributed by atoms with van der Waals surface area (Å²) >= 11 is 0. The van der Waals surface area contributed by atoms with Crippen LogP contribution in [0, 0.1) is 17.0 Å². The first-order valence-electron chi connectivity index (χ1n) is 6.19. The van der Waals surface area contributed by atoms with Gasteiger partial charge < -0.3 is 9.84 Å². The Kier molecular flexibility index (Phi) is 4.00. The quantitative estimate of drug-likeness (QED) is 0.680. The van der Waals surface area contributed by atoms with Crippen LogP contribution in [0.2, 0.25) is 0 Å². The lowest BCUT2D eigenvalue weighted by molar-refractivity contribution is -0.385. The number of benzene rings is 2. The van der Waals surface area contributed by atoms with Gasteiger partial charge in [0.05, 0.1) is 16.6 Å². The second-order valence-corrected chi connectivity index (χ2v) is 4.47. The van der Waals surface area contributed by atoms with E-state index in [4.69, 9.17) is 4.74 Å². The van der Waals surface area contributed by atoms with E-state index in [0.717, 1.165) is 0 Å². The van der Waals surface area contributed by atoms with Gasteiger partial charge in [0.15, 0.2) is 0 Å². The number of hydrogen-bond acceptors (Lipinski definition) is 4. The van der Waals surface area contributed by atoms with Crippen LogP contribution in [0.25, 0.3) is 0 Å². The smallest absolute Gasteiger partial charge is 0.276 e. The van der Waals surface area contributed by atoms with E-state index in [2.05, 4.69) is 0 Å². The molecule has 2 rings (SSSR count). The molecule has 0 aliphatic carbocycles. The van der Waals surface area contributed by atoms with Gasteiger partial charge in [0.1, 0.15) is 11.5 Å². The van der Waals surface area contributed by atoms with E-state index >= 15 is 0 Å². The molecular formula is C15H15NO4. The highest BCUT2D eigenvalue weighted by atomic mass is 16.6. The summed E-state index contributed by atoms with van der Waals surface area (Å²) in [4.78, 5) is 10.5. The predicted molar refractivity (Wildman–Crippen MR) is 75.0 cm³/mol. The summed E-state index contributed by atoms with van der Waals surface area (Å²) in [6.45, 7) is 3.28. The molecule has 1 N–H and O–H groups in total. The molecule has 0 bridgehead atoms. The van der Waals surface area contributed by atoms with Crippen molar-refractivity contribution in [1.82, 2.24) is 0 Å². The van der Waals surface area contributed by atoms with Crippen LogP contribution in [-0.4, -0.2) is 10.0 Å². The van der Waals surface area contributed by atoms with Crippen molar-refractivity contribution in [3.05, 3.63) is 63.7 Å². The SMILES string of the molecule is Cc1c(Oc2ccccc2[C@@H](C)O)cccc1[N+](=O)[O-]. The molecule has 5 heteroatoms. The number of ether oxygens (including phenoxy) is 1. The molecule has 0 aromatic heterocycles. The lowest BCUT2D eigenvalue weighted by atomic mass is 10.1. The predicted octanol–water partition coefficient (Wildman–Crippen LogP) is 3.75. The van der Waals surface area contributed by atoms with Crippen molar-refractivity contribution in [3.8, 4) is 11.5 Å². The number of aliphatic hydroxyl groups excluding tert-OH is 1. The summed E-state index contributed by atoms with van der Waals surface area (Å²) in [6.07, 6.45) is -0.676. The average molecular weight is 273 g/mol. The van der Waals surface area contributed by atoms with Gasteiger partial charge in [-0.2, -0.15) is 0 Å². The molecule has 0 amide bonds. The van der Waals surface area contributed by atoms with Gasteiger partial charge >= 0.3 is 0 Å². The zero-order valence-corrected chi connectivity index (χ0v) is 11.2. The first kappa shape index (κ1) is 14.0. The fourth-order valence-corrected chi connectivity index (χ4v) is 1.95. The van der Waals surface area contributed by atoms with Gasteiger partial charge in [0, 0.05) is 11.6 Å². The minimum Gasteiger partial charge on any atom is -0.456 e. The second-order valence-electron chi connectivity index (χ2n) is 4.47. The van der Waals surface area contributed by atoms with Crippen LogP contribution in [0.1, 0.15) is 24.2 Å². The third kappa shape index (κ3) is 2.78. The summed E-state index contributed by atoms with van der Waals surface area (Å²) < 4.78 is 5.73. The molecule has 0 heterocycles. The lowest BCUT2D eigenvalue weighted by Crippen LogP contribution is -1.98. The van der Waals surface area contributed by atoms with Crippen molar-refractivity contribution in [3.63, 3.8) is 0 Å². The van der Waals surface area contributed by atoms with Crippen LogP contribution < -0.4 is 4.74 Å². The zero-order valence-electron chi connectivity index (χ0n) is 11.2. The largest absolute Gasteiger partial charge is 0.456 e. The molecule has 2 aromatic rings. The Balaban J connectivity index is 2.41. The summed E-state index contributed by atoms with van der Waals surface area (Å²) in [7, 11) is 0.